The van der Waals surface area contributed by atoms with Crippen molar-refractivity contribution in [1.29, 1.82) is 5.26 Å². The number of carboxylic acid groups (broad SMARTS) is 1. The van der Waals surface area contributed by atoms with Gasteiger partial charge in [-0.25, -0.2) is 4.79 Å². The molecule has 110 valence electrons. The summed E-state index contributed by atoms with van der Waals surface area (Å²) in [5.41, 5.74) is 0.321. The van der Waals surface area contributed by atoms with E-state index in [9.17, 15) is 4.79 Å². The molecule has 0 atom stereocenters. The number of carboxylic acids is 1. The Morgan fingerprint density at radius 3 is 3.00 bits per heavy atom. The topological polar surface area (TPSA) is 105 Å². The summed E-state index contributed by atoms with van der Waals surface area (Å²) >= 11 is 7.22. The summed E-state index contributed by atoms with van der Waals surface area (Å²) in [5.74, 6) is -0.681. The van der Waals surface area contributed by atoms with Crippen LogP contribution in [-0.4, -0.2) is 26.0 Å². The number of carbonyl (C=O) groups is 1. The molecule has 3 heterocycles. The van der Waals surface area contributed by atoms with E-state index in [1.54, 1.807) is 18.2 Å². The molecule has 3 aromatic heterocycles. The molecule has 0 aliphatic carbocycles. The van der Waals surface area contributed by atoms with Gasteiger partial charge in [0.2, 0.25) is 0 Å². The lowest BCUT2D eigenvalue weighted by atomic mass is 10.2. The minimum atomic E-state index is -1.22. The van der Waals surface area contributed by atoms with Gasteiger partial charge in [0.1, 0.15) is 17.3 Å². The predicted molar refractivity (Wildman–Crippen MR) is 77.8 cm³/mol. The second-order valence-corrected chi connectivity index (χ2v) is 5.98. The van der Waals surface area contributed by atoms with E-state index in [0.717, 1.165) is 4.88 Å². The van der Waals surface area contributed by atoms with Crippen LogP contribution in [0.15, 0.2) is 28.9 Å². The van der Waals surface area contributed by atoms with E-state index in [1.807, 2.05) is 6.07 Å². The number of nitrogens with zero attached hydrogens (tertiary/aromatic N) is 4. The number of nitriles is 1. The molecule has 0 fully saturated rings. The number of aromatic carboxylic acids is 1. The first-order valence-corrected chi connectivity index (χ1v) is 7.18. The van der Waals surface area contributed by atoms with Crippen LogP contribution >= 0.6 is 22.9 Å². The highest BCUT2D eigenvalue weighted by molar-refractivity contribution is 7.19. The molecule has 22 heavy (non-hydrogen) atoms. The molecule has 0 saturated carbocycles. The number of hydrogen-bond donors (Lipinski definition) is 1. The second-order valence-electron chi connectivity index (χ2n) is 4.27. The maximum absolute atomic E-state index is 11.2. The lowest BCUT2D eigenvalue weighted by Gasteiger charge is -2.00. The zero-order valence-corrected chi connectivity index (χ0v) is 12.4. The van der Waals surface area contributed by atoms with Crippen molar-refractivity contribution in [2.24, 2.45) is 0 Å². The normalized spacial score (nSPS) is 10.5. The summed E-state index contributed by atoms with van der Waals surface area (Å²) in [6, 6.07) is 7.03. The van der Waals surface area contributed by atoms with E-state index in [4.69, 9.17) is 26.5 Å². The van der Waals surface area contributed by atoms with Crippen molar-refractivity contribution in [3.63, 3.8) is 0 Å². The molecule has 0 aliphatic rings. The minimum Gasteiger partial charge on any atom is -0.476 e. The quantitative estimate of drug-likeness (QED) is 0.786. The number of halogens is 1. The summed E-state index contributed by atoms with van der Waals surface area (Å²) in [4.78, 5) is 12.0. The smallest absolute Gasteiger partial charge is 0.355 e. The van der Waals surface area contributed by atoms with Crippen LogP contribution in [-0.2, 0) is 6.54 Å². The zero-order chi connectivity index (χ0) is 15.7. The van der Waals surface area contributed by atoms with Crippen molar-refractivity contribution in [3.05, 3.63) is 45.7 Å². The summed E-state index contributed by atoms with van der Waals surface area (Å²) in [7, 11) is 0. The summed E-state index contributed by atoms with van der Waals surface area (Å²) < 4.78 is 7.05. The van der Waals surface area contributed by atoms with Crippen molar-refractivity contribution in [1.82, 2.24) is 14.9 Å². The molecule has 7 nitrogen and oxygen atoms in total. The van der Waals surface area contributed by atoms with E-state index in [-0.39, 0.29) is 17.8 Å². The van der Waals surface area contributed by atoms with E-state index in [2.05, 4.69) is 10.3 Å². The molecule has 3 aromatic rings. The van der Waals surface area contributed by atoms with Gasteiger partial charge >= 0.3 is 5.97 Å². The van der Waals surface area contributed by atoms with Crippen LogP contribution < -0.4 is 0 Å². The van der Waals surface area contributed by atoms with Crippen LogP contribution in [0, 0.1) is 11.3 Å². The first-order chi connectivity index (χ1) is 10.6. The van der Waals surface area contributed by atoms with Gasteiger partial charge in [-0.15, -0.1) is 11.3 Å². The monoisotopic (exact) mass is 334 g/mol. The fraction of sp³-hybridized carbons (Fsp3) is 0.0769. The molecule has 1 N–H and O–H groups in total. The van der Waals surface area contributed by atoms with E-state index >= 15 is 0 Å². The SMILES string of the molecule is N#Cc1cnn(Cc2cc(-c3ccc(Cl)s3)on2)c1C(=O)O. The van der Waals surface area contributed by atoms with E-state index in [0.29, 0.717) is 15.8 Å². The van der Waals surface area contributed by atoms with Crippen LogP contribution in [0.2, 0.25) is 4.34 Å². The predicted octanol–water partition coefficient (Wildman–Crippen LogP) is 2.87. The van der Waals surface area contributed by atoms with Crippen molar-refractivity contribution in [2.45, 2.75) is 6.54 Å². The highest BCUT2D eigenvalue weighted by Crippen LogP contribution is 2.31. The highest BCUT2D eigenvalue weighted by atomic mass is 35.5. The molecule has 0 saturated heterocycles. The fourth-order valence-corrected chi connectivity index (χ4v) is 2.91. The summed E-state index contributed by atoms with van der Waals surface area (Å²) in [6.45, 7) is 0.0892. The third-order valence-corrected chi connectivity index (χ3v) is 4.09. The van der Waals surface area contributed by atoms with E-state index in [1.165, 1.54) is 22.2 Å². The molecule has 0 aliphatic heterocycles. The molecule has 0 unspecified atom stereocenters. The molecule has 0 spiro atoms. The largest absolute Gasteiger partial charge is 0.476 e. The molecule has 9 heteroatoms. The third-order valence-electron chi connectivity index (χ3n) is 2.85. The lowest BCUT2D eigenvalue weighted by Crippen LogP contribution is -2.12. The fourth-order valence-electron chi connectivity index (χ4n) is 1.92. The Morgan fingerprint density at radius 2 is 2.36 bits per heavy atom. The highest BCUT2D eigenvalue weighted by Gasteiger charge is 2.19. The first-order valence-electron chi connectivity index (χ1n) is 5.99. The van der Waals surface area contributed by atoms with Crippen LogP contribution in [0.25, 0.3) is 10.6 Å². The van der Waals surface area contributed by atoms with Crippen molar-refractivity contribution < 1.29 is 14.4 Å². The standard InChI is InChI=1S/C13H7ClN4O3S/c14-11-2-1-10(22-11)9-3-8(17-21-9)6-18-12(13(19)20)7(4-15)5-16-18/h1-3,5H,6H2,(H,19,20). The lowest BCUT2D eigenvalue weighted by molar-refractivity contribution is 0.0683. The maximum Gasteiger partial charge on any atom is 0.355 e. The van der Waals surface area contributed by atoms with Crippen molar-refractivity contribution in [2.75, 3.05) is 0 Å². The number of hydrogen-bond acceptors (Lipinski definition) is 6. The van der Waals surface area contributed by atoms with Crippen LogP contribution in [0.4, 0.5) is 0 Å². The Hall–Kier alpha value is -2.63. The summed E-state index contributed by atoms with van der Waals surface area (Å²) in [6.07, 6.45) is 1.21. The molecular weight excluding hydrogens is 328 g/mol. The Morgan fingerprint density at radius 1 is 1.55 bits per heavy atom. The molecule has 3 rings (SSSR count). The van der Waals surface area contributed by atoms with Crippen LogP contribution in [0.5, 0.6) is 0 Å². The van der Waals surface area contributed by atoms with Gasteiger partial charge in [0.15, 0.2) is 11.5 Å². The molecule has 0 amide bonds. The maximum atomic E-state index is 11.2. The van der Waals surface area contributed by atoms with Crippen molar-refractivity contribution >= 4 is 28.9 Å². The molecule has 0 aromatic carbocycles. The Bertz CT molecular complexity index is 889. The van der Waals surface area contributed by atoms with Gasteiger partial charge in [-0.3, -0.25) is 4.68 Å². The van der Waals surface area contributed by atoms with Gasteiger partial charge < -0.3 is 9.63 Å². The van der Waals surface area contributed by atoms with E-state index < -0.39 is 5.97 Å². The third kappa shape index (κ3) is 2.59. The number of aromatic nitrogens is 3. The Balaban J connectivity index is 1.89. The number of rotatable bonds is 4. The Kier molecular flexibility index (Phi) is 3.66. The molecule has 0 bridgehead atoms. The number of thiophene rings is 1. The van der Waals surface area contributed by atoms with Gasteiger partial charge in [-0.1, -0.05) is 16.8 Å². The van der Waals surface area contributed by atoms with Crippen LogP contribution in [0.3, 0.4) is 0 Å². The summed E-state index contributed by atoms with van der Waals surface area (Å²) in [5, 5.41) is 25.8. The first kappa shape index (κ1) is 14.3. The van der Waals surface area contributed by atoms with Gasteiger partial charge in [-0.05, 0) is 12.1 Å². The van der Waals surface area contributed by atoms with Crippen molar-refractivity contribution in [3.8, 4) is 16.7 Å². The molecular formula is C13H7ClN4O3S. The minimum absolute atomic E-state index is 0.00116. The Labute approximate surface area is 133 Å². The zero-order valence-electron chi connectivity index (χ0n) is 10.9. The average molecular weight is 335 g/mol. The van der Waals surface area contributed by atoms with Gasteiger partial charge in [0, 0.05) is 6.07 Å². The molecule has 0 radical (unpaired) electrons. The average Bonchev–Trinajstić information content (AvgIpc) is 3.18. The van der Waals surface area contributed by atoms with Gasteiger partial charge in [-0.2, -0.15) is 10.4 Å². The van der Waals surface area contributed by atoms with Crippen LogP contribution in [0.1, 0.15) is 21.7 Å². The second kappa shape index (κ2) is 5.63. The van der Waals surface area contributed by atoms with Gasteiger partial charge in [0.25, 0.3) is 0 Å². The van der Waals surface area contributed by atoms with Gasteiger partial charge in [0.05, 0.1) is 22.0 Å².